The predicted octanol–water partition coefficient (Wildman–Crippen LogP) is 5.32. The highest BCUT2D eigenvalue weighted by Gasteiger charge is 2.18. The Morgan fingerprint density at radius 3 is 2.50 bits per heavy atom. The second-order valence-corrected chi connectivity index (χ2v) is 6.19. The van der Waals surface area contributed by atoms with Crippen molar-refractivity contribution in [2.24, 2.45) is 5.92 Å². The molecule has 0 saturated heterocycles. The molecule has 0 radical (unpaired) electrons. The van der Waals surface area contributed by atoms with Crippen molar-refractivity contribution < 1.29 is 4.74 Å². The number of benzene rings is 1. The summed E-state index contributed by atoms with van der Waals surface area (Å²) >= 11 is 3.63. The molecule has 0 aromatic heterocycles. The summed E-state index contributed by atoms with van der Waals surface area (Å²) in [5, 5.41) is 3.61. The van der Waals surface area contributed by atoms with Gasteiger partial charge in [0.25, 0.3) is 0 Å². The van der Waals surface area contributed by atoms with Crippen molar-refractivity contribution in [3.63, 3.8) is 0 Å². The van der Waals surface area contributed by atoms with Gasteiger partial charge in [-0.15, -0.1) is 0 Å². The fourth-order valence-electron chi connectivity index (χ4n) is 2.53. The molecule has 0 amide bonds. The van der Waals surface area contributed by atoms with Gasteiger partial charge in [-0.1, -0.05) is 40.2 Å². The summed E-state index contributed by atoms with van der Waals surface area (Å²) in [7, 11) is 0. The molecular weight excluding hydrogens is 314 g/mol. The highest BCUT2D eigenvalue weighted by molar-refractivity contribution is 9.10. The first kappa shape index (κ1) is 17.5. The van der Waals surface area contributed by atoms with Crippen LogP contribution in [-0.2, 0) is 0 Å². The molecule has 0 aliphatic rings. The van der Waals surface area contributed by atoms with Crippen LogP contribution in [0.1, 0.15) is 58.6 Å². The number of hydrogen-bond donors (Lipinski definition) is 1. The third-order valence-electron chi connectivity index (χ3n) is 3.51. The van der Waals surface area contributed by atoms with Gasteiger partial charge in [0.05, 0.1) is 11.1 Å². The van der Waals surface area contributed by atoms with Gasteiger partial charge in [-0.2, -0.15) is 0 Å². The predicted molar refractivity (Wildman–Crippen MR) is 90.4 cm³/mol. The second kappa shape index (κ2) is 9.41. The van der Waals surface area contributed by atoms with E-state index in [0.717, 1.165) is 29.8 Å². The molecule has 0 heterocycles. The van der Waals surface area contributed by atoms with E-state index in [2.05, 4.69) is 67.1 Å². The van der Waals surface area contributed by atoms with Crippen LogP contribution in [0.15, 0.2) is 22.7 Å². The van der Waals surface area contributed by atoms with Crippen LogP contribution in [0.5, 0.6) is 5.75 Å². The molecular formula is C17H28BrNO. The Morgan fingerprint density at radius 2 is 1.95 bits per heavy atom. The van der Waals surface area contributed by atoms with Gasteiger partial charge in [0.1, 0.15) is 5.75 Å². The topological polar surface area (TPSA) is 21.3 Å². The maximum absolute atomic E-state index is 5.72. The van der Waals surface area contributed by atoms with E-state index in [-0.39, 0.29) is 0 Å². The van der Waals surface area contributed by atoms with Gasteiger partial charge < -0.3 is 10.1 Å². The van der Waals surface area contributed by atoms with Crippen molar-refractivity contribution >= 4 is 15.9 Å². The zero-order valence-corrected chi connectivity index (χ0v) is 14.8. The summed E-state index contributed by atoms with van der Waals surface area (Å²) < 4.78 is 6.77. The monoisotopic (exact) mass is 341 g/mol. The molecule has 1 aromatic rings. The number of nitrogens with one attached hydrogen (secondary N) is 1. The average molecular weight is 342 g/mol. The Morgan fingerprint density at radius 1 is 1.20 bits per heavy atom. The SMILES string of the molecule is CCCOc1ccc(C(NCC)C(C)CCC)cc1Br. The van der Waals surface area contributed by atoms with Crippen LogP contribution in [-0.4, -0.2) is 13.2 Å². The van der Waals surface area contributed by atoms with Crippen molar-refractivity contribution in [1.82, 2.24) is 5.32 Å². The van der Waals surface area contributed by atoms with Crippen LogP contribution in [0.25, 0.3) is 0 Å². The lowest BCUT2D eigenvalue weighted by Gasteiger charge is -2.25. The van der Waals surface area contributed by atoms with Gasteiger partial charge in [0.2, 0.25) is 0 Å². The molecule has 2 atom stereocenters. The lowest BCUT2D eigenvalue weighted by molar-refractivity contribution is 0.314. The molecule has 0 bridgehead atoms. The molecule has 1 aromatic carbocycles. The minimum absolute atomic E-state index is 0.413. The van der Waals surface area contributed by atoms with E-state index in [0.29, 0.717) is 12.0 Å². The maximum Gasteiger partial charge on any atom is 0.133 e. The van der Waals surface area contributed by atoms with Gasteiger partial charge in [0.15, 0.2) is 0 Å². The van der Waals surface area contributed by atoms with Gasteiger partial charge in [-0.3, -0.25) is 0 Å². The van der Waals surface area contributed by atoms with Gasteiger partial charge in [-0.05, 0) is 58.9 Å². The highest BCUT2D eigenvalue weighted by atomic mass is 79.9. The zero-order valence-electron chi connectivity index (χ0n) is 13.2. The number of rotatable bonds is 9. The average Bonchev–Trinajstić information content (AvgIpc) is 2.43. The first-order valence-corrected chi connectivity index (χ1v) is 8.58. The first-order valence-electron chi connectivity index (χ1n) is 7.79. The molecule has 3 heteroatoms. The standard InChI is InChI=1S/C17H28BrNO/c1-5-8-13(4)17(19-7-3)14-9-10-16(15(18)12-14)20-11-6-2/h9-10,12-13,17,19H,5-8,11H2,1-4H3. The van der Waals surface area contributed by atoms with Gasteiger partial charge in [0, 0.05) is 6.04 Å². The number of halogens is 1. The number of ether oxygens (including phenoxy) is 1. The lowest BCUT2D eigenvalue weighted by atomic mass is 9.91. The molecule has 2 unspecified atom stereocenters. The van der Waals surface area contributed by atoms with E-state index in [1.54, 1.807) is 0 Å². The molecule has 0 spiro atoms. The summed E-state index contributed by atoms with van der Waals surface area (Å²) in [6.45, 7) is 10.6. The van der Waals surface area contributed by atoms with E-state index >= 15 is 0 Å². The van der Waals surface area contributed by atoms with Crippen molar-refractivity contribution in [2.45, 2.75) is 53.0 Å². The normalized spacial score (nSPS) is 14.1. The van der Waals surface area contributed by atoms with E-state index in [9.17, 15) is 0 Å². The Kier molecular flexibility index (Phi) is 8.24. The van der Waals surface area contributed by atoms with Crippen LogP contribution in [0, 0.1) is 5.92 Å². The Bertz CT molecular complexity index is 395. The minimum Gasteiger partial charge on any atom is -0.492 e. The molecule has 0 aliphatic carbocycles. The summed E-state index contributed by atoms with van der Waals surface area (Å²) in [6, 6.07) is 6.88. The molecule has 0 aliphatic heterocycles. The van der Waals surface area contributed by atoms with E-state index in [1.165, 1.54) is 18.4 Å². The van der Waals surface area contributed by atoms with Crippen LogP contribution in [0.2, 0.25) is 0 Å². The summed E-state index contributed by atoms with van der Waals surface area (Å²) in [6.07, 6.45) is 3.49. The molecule has 114 valence electrons. The van der Waals surface area contributed by atoms with Crippen LogP contribution < -0.4 is 10.1 Å². The quantitative estimate of drug-likeness (QED) is 0.655. The number of hydrogen-bond acceptors (Lipinski definition) is 2. The minimum atomic E-state index is 0.413. The van der Waals surface area contributed by atoms with Crippen molar-refractivity contribution in [1.29, 1.82) is 0 Å². The maximum atomic E-state index is 5.72. The summed E-state index contributed by atoms with van der Waals surface area (Å²) in [5.74, 6) is 1.57. The fraction of sp³-hybridized carbons (Fsp3) is 0.647. The lowest BCUT2D eigenvalue weighted by Crippen LogP contribution is -2.26. The molecule has 1 N–H and O–H groups in total. The Hall–Kier alpha value is -0.540. The fourth-order valence-corrected chi connectivity index (χ4v) is 3.04. The molecule has 0 fully saturated rings. The highest BCUT2D eigenvalue weighted by Crippen LogP contribution is 2.32. The smallest absolute Gasteiger partial charge is 0.133 e. The Balaban J connectivity index is 2.88. The van der Waals surface area contributed by atoms with Gasteiger partial charge in [-0.25, -0.2) is 0 Å². The third kappa shape index (κ3) is 5.10. The van der Waals surface area contributed by atoms with E-state index in [1.807, 2.05) is 0 Å². The zero-order chi connectivity index (χ0) is 15.0. The third-order valence-corrected chi connectivity index (χ3v) is 4.13. The van der Waals surface area contributed by atoms with Crippen molar-refractivity contribution in [3.05, 3.63) is 28.2 Å². The van der Waals surface area contributed by atoms with Crippen LogP contribution >= 0.6 is 15.9 Å². The summed E-state index contributed by atoms with van der Waals surface area (Å²) in [5.41, 5.74) is 1.34. The van der Waals surface area contributed by atoms with Crippen LogP contribution in [0.3, 0.4) is 0 Å². The molecule has 1 rings (SSSR count). The molecule has 2 nitrogen and oxygen atoms in total. The molecule has 20 heavy (non-hydrogen) atoms. The molecule has 0 saturated carbocycles. The largest absolute Gasteiger partial charge is 0.492 e. The second-order valence-electron chi connectivity index (χ2n) is 5.34. The van der Waals surface area contributed by atoms with Crippen LogP contribution in [0.4, 0.5) is 0 Å². The van der Waals surface area contributed by atoms with Crippen molar-refractivity contribution in [3.8, 4) is 5.75 Å². The van der Waals surface area contributed by atoms with Crippen molar-refractivity contribution in [2.75, 3.05) is 13.2 Å². The first-order chi connectivity index (χ1) is 9.63. The Labute approximate surface area is 132 Å². The van der Waals surface area contributed by atoms with E-state index < -0.39 is 0 Å². The van der Waals surface area contributed by atoms with E-state index in [4.69, 9.17) is 4.74 Å². The summed E-state index contributed by atoms with van der Waals surface area (Å²) in [4.78, 5) is 0. The van der Waals surface area contributed by atoms with Gasteiger partial charge >= 0.3 is 0 Å².